The van der Waals surface area contributed by atoms with Crippen molar-refractivity contribution in [2.24, 2.45) is 5.92 Å². The maximum atomic E-state index is 12.3. The molecule has 222 valence electrons. The van der Waals surface area contributed by atoms with E-state index in [2.05, 4.69) is 46.5 Å². The molecule has 0 atom stereocenters. The van der Waals surface area contributed by atoms with Gasteiger partial charge in [-0.05, 0) is 88.3 Å². The van der Waals surface area contributed by atoms with E-state index in [1.54, 1.807) is 6.07 Å². The van der Waals surface area contributed by atoms with Gasteiger partial charge in [-0.1, -0.05) is 42.5 Å². The van der Waals surface area contributed by atoms with Gasteiger partial charge >= 0.3 is 6.16 Å². The molecule has 5 aromatic rings. The van der Waals surface area contributed by atoms with Crippen molar-refractivity contribution in [1.29, 1.82) is 0 Å². The third kappa shape index (κ3) is 6.58. The summed E-state index contributed by atoms with van der Waals surface area (Å²) in [5.41, 5.74) is 7.25. The summed E-state index contributed by atoms with van der Waals surface area (Å²) in [6, 6.07) is 20.6. The van der Waals surface area contributed by atoms with Crippen molar-refractivity contribution < 1.29 is 19.0 Å². The van der Waals surface area contributed by atoms with E-state index in [4.69, 9.17) is 24.2 Å². The van der Waals surface area contributed by atoms with Crippen LogP contribution in [0, 0.1) is 12.8 Å². The molecule has 6 rings (SSSR count). The van der Waals surface area contributed by atoms with Crippen LogP contribution in [0.1, 0.15) is 51.7 Å². The molecule has 8 nitrogen and oxygen atoms in total. The van der Waals surface area contributed by atoms with Gasteiger partial charge in [0.2, 0.25) is 0 Å². The van der Waals surface area contributed by atoms with Gasteiger partial charge in [-0.3, -0.25) is 4.57 Å². The molecule has 0 N–H and O–H groups in total. The van der Waals surface area contributed by atoms with Crippen molar-refractivity contribution in [1.82, 2.24) is 19.1 Å². The number of carbonyl (C=O) groups is 1. The molecule has 1 aliphatic rings. The summed E-state index contributed by atoms with van der Waals surface area (Å²) in [5.74, 6) is 1.24. The molecule has 0 amide bonds. The van der Waals surface area contributed by atoms with E-state index in [0.717, 1.165) is 57.0 Å². The number of para-hydroxylation sites is 1. The van der Waals surface area contributed by atoms with E-state index in [0.29, 0.717) is 24.9 Å². The first kappa shape index (κ1) is 28.5. The van der Waals surface area contributed by atoms with E-state index in [-0.39, 0.29) is 0 Å². The monoisotopic (exact) mass is 578 g/mol. The molecule has 1 fully saturated rings. The van der Waals surface area contributed by atoms with E-state index in [1.165, 1.54) is 12.8 Å². The van der Waals surface area contributed by atoms with Gasteiger partial charge in [0.05, 0.1) is 36.2 Å². The fourth-order valence-electron chi connectivity index (χ4n) is 5.25. The highest BCUT2D eigenvalue weighted by Crippen LogP contribution is 2.34. The van der Waals surface area contributed by atoms with Gasteiger partial charge in [-0.2, -0.15) is 4.98 Å². The molecule has 0 aliphatic heterocycles. The summed E-state index contributed by atoms with van der Waals surface area (Å²) in [6.45, 7) is 11.6. The molecular weight excluding hydrogens is 540 g/mol. The van der Waals surface area contributed by atoms with E-state index >= 15 is 0 Å². The Morgan fingerprint density at radius 2 is 1.79 bits per heavy atom. The van der Waals surface area contributed by atoms with Crippen molar-refractivity contribution in [3.63, 3.8) is 0 Å². The van der Waals surface area contributed by atoms with Crippen molar-refractivity contribution in [3.05, 3.63) is 84.3 Å². The normalized spacial score (nSPS) is 13.3. The van der Waals surface area contributed by atoms with Crippen LogP contribution in [0.2, 0.25) is 0 Å². The third-order valence-corrected chi connectivity index (χ3v) is 7.45. The summed E-state index contributed by atoms with van der Waals surface area (Å²) in [6.07, 6.45) is 5.98. The smallest absolute Gasteiger partial charge is 0.465 e. The number of hydrogen-bond donors (Lipinski definition) is 0. The van der Waals surface area contributed by atoms with Crippen molar-refractivity contribution >= 4 is 17.2 Å². The predicted octanol–water partition coefficient (Wildman–Crippen LogP) is 8.05. The number of ether oxygens (including phenoxy) is 3. The van der Waals surface area contributed by atoms with Crippen LogP contribution < -0.4 is 9.47 Å². The number of fused-ring (bicyclic) bond motifs is 1. The summed E-state index contributed by atoms with van der Waals surface area (Å²) in [5, 5.41) is 0. The van der Waals surface area contributed by atoms with Gasteiger partial charge in [-0.25, -0.2) is 9.78 Å². The van der Waals surface area contributed by atoms with Gasteiger partial charge in [0.15, 0.2) is 0 Å². The topological polar surface area (TPSA) is 80.4 Å². The fourth-order valence-corrected chi connectivity index (χ4v) is 5.25. The SMILES string of the molecule is CCOc1nc2c(C)cc(-c3cn(CC4CC4)cn3)cc2n1Cc1ccc(-c2ccccc2OC(=O)OC(C)(C)C)cc1. The summed E-state index contributed by atoms with van der Waals surface area (Å²) >= 11 is 0. The Morgan fingerprint density at radius 1 is 1.02 bits per heavy atom. The lowest BCUT2D eigenvalue weighted by Crippen LogP contribution is -2.26. The van der Waals surface area contributed by atoms with Crippen LogP contribution in [-0.2, 0) is 17.8 Å². The number of rotatable bonds is 9. The second kappa shape index (κ2) is 11.6. The Morgan fingerprint density at radius 3 is 2.51 bits per heavy atom. The average molecular weight is 579 g/mol. The van der Waals surface area contributed by atoms with Crippen molar-refractivity contribution in [3.8, 4) is 34.1 Å². The summed E-state index contributed by atoms with van der Waals surface area (Å²) < 4.78 is 21.3. The molecule has 2 heterocycles. The number of nitrogens with zero attached hydrogens (tertiary/aromatic N) is 4. The molecule has 0 unspecified atom stereocenters. The zero-order chi connectivity index (χ0) is 30.1. The van der Waals surface area contributed by atoms with Gasteiger partial charge in [0.25, 0.3) is 6.01 Å². The zero-order valence-electron chi connectivity index (χ0n) is 25.5. The zero-order valence-corrected chi connectivity index (χ0v) is 25.5. The summed E-state index contributed by atoms with van der Waals surface area (Å²) in [4.78, 5) is 21.9. The lowest BCUT2D eigenvalue weighted by molar-refractivity contribution is 0.0207. The van der Waals surface area contributed by atoms with Crippen LogP contribution in [0.3, 0.4) is 0 Å². The summed E-state index contributed by atoms with van der Waals surface area (Å²) in [7, 11) is 0. The molecule has 8 heteroatoms. The molecular formula is C35H38N4O4. The van der Waals surface area contributed by atoms with Gasteiger partial charge in [0, 0.05) is 23.9 Å². The van der Waals surface area contributed by atoms with Gasteiger partial charge in [0.1, 0.15) is 11.4 Å². The Balaban J connectivity index is 1.28. The minimum absolute atomic E-state index is 0.450. The molecule has 43 heavy (non-hydrogen) atoms. The number of benzene rings is 3. The number of imidazole rings is 2. The molecule has 0 spiro atoms. The predicted molar refractivity (Wildman–Crippen MR) is 167 cm³/mol. The Bertz CT molecular complexity index is 1760. The van der Waals surface area contributed by atoms with Crippen LogP contribution in [-0.4, -0.2) is 37.5 Å². The maximum Gasteiger partial charge on any atom is 0.514 e. The number of carbonyl (C=O) groups excluding carboxylic acids is 1. The largest absolute Gasteiger partial charge is 0.514 e. The van der Waals surface area contributed by atoms with E-state index < -0.39 is 11.8 Å². The lowest BCUT2D eigenvalue weighted by Gasteiger charge is -2.19. The first-order chi connectivity index (χ1) is 20.7. The minimum atomic E-state index is -0.726. The Hall–Kier alpha value is -4.59. The molecule has 1 aliphatic carbocycles. The number of aromatic nitrogens is 4. The average Bonchev–Trinajstić information content (AvgIpc) is 3.54. The van der Waals surface area contributed by atoms with Crippen LogP contribution in [0.4, 0.5) is 4.79 Å². The van der Waals surface area contributed by atoms with Crippen molar-refractivity contribution in [2.75, 3.05) is 6.61 Å². The van der Waals surface area contributed by atoms with E-state index in [9.17, 15) is 4.79 Å². The molecule has 0 radical (unpaired) electrons. The fraction of sp³-hybridized carbons (Fsp3) is 0.343. The molecule has 3 aromatic carbocycles. The quantitative estimate of drug-likeness (QED) is 0.130. The van der Waals surface area contributed by atoms with Crippen LogP contribution in [0.5, 0.6) is 11.8 Å². The van der Waals surface area contributed by atoms with Crippen LogP contribution in [0.15, 0.2) is 73.2 Å². The minimum Gasteiger partial charge on any atom is -0.465 e. The highest BCUT2D eigenvalue weighted by Gasteiger charge is 2.23. The molecule has 1 saturated carbocycles. The Labute approximate surface area is 252 Å². The Kier molecular flexibility index (Phi) is 7.69. The molecule has 0 saturated heterocycles. The first-order valence-electron chi connectivity index (χ1n) is 14.9. The van der Waals surface area contributed by atoms with Crippen molar-refractivity contribution in [2.45, 2.75) is 66.2 Å². The maximum absolute atomic E-state index is 12.3. The third-order valence-electron chi connectivity index (χ3n) is 7.45. The van der Waals surface area contributed by atoms with Gasteiger partial charge < -0.3 is 18.8 Å². The molecule has 0 bridgehead atoms. The first-order valence-corrected chi connectivity index (χ1v) is 14.9. The lowest BCUT2D eigenvalue weighted by atomic mass is 10.0. The highest BCUT2D eigenvalue weighted by molar-refractivity contribution is 5.85. The second-order valence-corrected chi connectivity index (χ2v) is 12.2. The standard InChI is InChI=1S/C35H38N4O4/c1-6-41-33-37-32-23(2)17-27(29-21-38(22-36-29)19-24-11-12-24)18-30(32)39(33)20-25-13-15-26(16-14-25)28-9-7-8-10-31(28)42-34(40)43-35(3,4)5/h7-10,13-18,21-22,24H,6,11-12,19-20H2,1-5H3. The van der Waals surface area contributed by atoms with Crippen LogP contribution >= 0.6 is 0 Å². The number of aryl methyl sites for hydroxylation is 1. The molecule has 2 aromatic heterocycles. The van der Waals surface area contributed by atoms with Crippen LogP contribution in [0.25, 0.3) is 33.4 Å². The highest BCUT2D eigenvalue weighted by atomic mass is 16.7. The number of hydrogen-bond acceptors (Lipinski definition) is 6. The second-order valence-electron chi connectivity index (χ2n) is 12.2. The van der Waals surface area contributed by atoms with Gasteiger partial charge in [-0.15, -0.1) is 0 Å². The van der Waals surface area contributed by atoms with E-state index in [1.807, 2.05) is 64.4 Å².